The van der Waals surface area contributed by atoms with Crippen molar-refractivity contribution < 1.29 is 16.8 Å². The van der Waals surface area contributed by atoms with Gasteiger partial charge >= 0.3 is 0 Å². The van der Waals surface area contributed by atoms with Gasteiger partial charge in [-0.2, -0.15) is 17.7 Å². The van der Waals surface area contributed by atoms with Crippen LogP contribution in [0.1, 0.15) is 5.56 Å². The van der Waals surface area contributed by atoms with Gasteiger partial charge in [0.05, 0.1) is 0 Å². The Morgan fingerprint density at radius 3 is 1.33 bits per heavy atom. The Bertz CT molecular complexity index is 223. The normalized spacial score (nSPS) is 7.75. The fraction of sp³-hybridized carbons (Fsp3) is 0.0909. The van der Waals surface area contributed by atoms with Gasteiger partial charge in [0.1, 0.15) is 0 Å². The Labute approximate surface area is 84.2 Å². The van der Waals surface area contributed by atoms with Crippen molar-refractivity contribution in [2.45, 2.75) is 6.92 Å². The minimum absolute atomic E-state index is 0. The molecule has 71 valence electrons. The van der Waals surface area contributed by atoms with Crippen LogP contribution in [0.15, 0.2) is 54.6 Å². The van der Waals surface area contributed by atoms with Crippen molar-refractivity contribution in [1.29, 1.82) is 0 Å². The quantitative estimate of drug-likeness (QED) is 0.577. The van der Waals surface area contributed by atoms with Gasteiger partial charge in [-0.25, -0.2) is 12.1 Å². The van der Waals surface area contributed by atoms with E-state index in [2.05, 4.69) is 19.1 Å². The molecule has 0 atom stereocenters. The Morgan fingerprint density at radius 2 is 1.17 bits per heavy atom. The molecule has 0 bridgehead atoms. The third-order valence-corrected chi connectivity index (χ3v) is 1.38. The fourth-order valence-corrected chi connectivity index (χ4v) is 0.791. The number of rotatable bonds is 0. The molecule has 0 aliphatic carbocycles. The third-order valence-electron chi connectivity index (χ3n) is 1.38. The molecule has 2 aromatic carbocycles. The molecule has 0 aliphatic heterocycles. The molecule has 1 radical (unpaired) electrons. The van der Waals surface area contributed by atoms with Gasteiger partial charge in [-0.1, -0.05) is 6.92 Å². The van der Waals surface area contributed by atoms with Gasteiger partial charge in [0, 0.05) is 16.8 Å². The Morgan fingerprint density at radius 1 is 0.833 bits per heavy atom. The summed E-state index contributed by atoms with van der Waals surface area (Å²) in [4.78, 5) is 0. The zero-order valence-electron chi connectivity index (χ0n) is 7.03. The van der Waals surface area contributed by atoms with Crippen LogP contribution < -0.4 is 0 Å². The monoisotopic (exact) mass is 203 g/mol. The van der Waals surface area contributed by atoms with Crippen LogP contribution in [0.2, 0.25) is 0 Å². The first-order chi connectivity index (χ1) is 5.39. The van der Waals surface area contributed by atoms with Crippen molar-refractivity contribution in [2.24, 2.45) is 0 Å². The second kappa shape index (κ2) is 6.89. The summed E-state index contributed by atoms with van der Waals surface area (Å²) in [7, 11) is 0. The Hall–Kier alpha value is -0.794. The molecular weight excluding hydrogens is 191 g/mol. The summed E-state index contributed by atoms with van der Waals surface area (Å²) < 4.78 is 0. The van der Waals surface area contributed by atoms with E-state index in [1.54, 1.807) is 0 Å². The van der Waals surface area contributed by atoms with Crippen molar-refractivity contribution in [3.8, 4) is 0 Å². The Balaban J connectivity index is 0.000000189. The minimum Gasteiger partial charge on any atom is -0.748 e. The summed E-state index contributed by atoms with van der Waals surface area (Å²) in [5, 5.41) is 0. The summed E-state index contributed by atoms with van der Waals surface area (Å²) in [6.07, 6.45) is 0. The van der Waals surface area contributed by atoms with Crippen molar-refractivity contribution in [1.82, 2.24) is 0 Å². The topological polar surface area (TPSA) is 0 Å². The number of aryl methyl sites for hydroxylation is 1. The molecular formula is C11H12Co-6. The van der Waals surface area contributed by atoms with Gasteiger partial charge in [-0.3, -0.25) is 0 Å². The van der Waals surface area contributed by atoms with Gasteiger partial charge < -0.3 is 30.3 Å². The van der Waals surface area contributed by atoms with Crippen LogP contribution in [0, 0.1) is 6.92 Å². The van der Waals surface area contributed by atoms with Gasteiger partial charge in [-0.05, 0) is 0 Å². The standard InChI is InChI=1S/C6H7.C5H5.Co/c1-6-4-2-3-5-6;1-2-4-5-3-1;/h2-5H,1H3;1-5H;/q-1;-5;. The molecule has 0 nitrogen and oxygen atoms in total. The minimum atomic E-state index is 0. The van der Waals surface area contributed by atoms with Gasteiger partial charge in [0.25, 0.3) is 0 Å². The van der Waals surface area contributed by atoms with Crippen LogP contribution in [0.4, 0.5) is 0 Å². The van der Waals surface area contributed by atoms with Crippen molar-refractivity contribution >= 4 is 0 Å². The summed E-state index contributed by atoms with van der Waals surface area (Å²) in [5.41, 5.74) is 1.34. The summed E-state index contributed by atoms with van der Waals surface area (Å²) in [6.45, 7) is 2.08. The molecule has 0 amide bonds. The van der Waals surface area contributed by atoms with Gasteiger partial charge in [0.2, 0.25) is 0 Å². The molecule has 0 N–H and O–H groups in total. The van der Waals surface area contributed by atoms with Crippen molar-refractivity contribution in [3.05, 3.63) is 60.2 Å². The van der Waals surface area contributed by atoms with Crippen LogP contribution in [0.3, 0.4) is 0 Å². The second-order valence-corrected chi connectivity index (χ2v) is 2.42. The van der Waals surface area contributed by atoms with E-state index in [9.17, 15) is 0 Å². The van der Waals surface area contributed by atoms with Gasteiger partial charge in [0.15, 0.2) is 0 Å². The van der Waals surface area contributed by atoms with E-state index in [1.165, 1.54) is 5.56 Å². The van der Waals surface area contributed by atoms with E-state index in [0.717, 1.165) is 0 Å². The summed E-state index contributed by atoms with van der Waals surface area (Å²) in [5.74, 6) is 0. The molecule has 0 saturated carbocycles. The number of hydrogen-bond donors (Lipinski definition) is 0. The van der Waals surface area contributed by atoms with Crippen molar-refractivity contribution in [2.75, 3.05) is 0 Å². The molecule has 0 aliphatic rings. The predicted octanol–water partition coefficient (Wildman–Crippen LogP) is 3.12. The molecule has 0 saturated heterocycles. The first-order valence-corrected chi connectivity index (χ1v) is 3.74. The van der Waals surface area contributed by atoms with Crippen molar-refractivity contribution in [3.63, 3.8) is 0 Å². The van der Waals surface area contributed by atoms with E-state index in [0.29, 0.717) is 0 Å². The molecule has 2 aromatic rings. The van der Waals surface area contributed by atoms with E-state index in [1.807, 2.05) is 42.5 Å². The molecule has 2 rings (SSSR count). The van der Waals surface area contributed by atoms with Gasteiger partial charge in [-0.15, -0.1) is 0 Å². The molecule has 0 unspecified atom stereocenters. The van der Waals surface area contributed by atoms with Crippen LogP contribution in [0.25, 0.3) is 0 Å². The van der Waals surface area contributed by atoms with E-state index < -0.39 is 0 Å². The fourth-order valence-electron chi connectivity index (χ4n) is 0.791. The van der Waals surface area contributed by atoms with E-state index in [-0.39, 0.29) is 16.8 Å². The predicted molar refractivity (Wildman–Crippen MR) is 48.8 cm³/mol. The zero-order chi connectivity index (χ0) is 7.94. The molecule has 1 heteroatoms. The second-order valence-electron chi connectivity index (χ2n) is 2.42. The maximum Gasteiger partial charge on any atom is 0 e. The largest absolute Gasteiger partial charge is 0.748 e. The first-order valence-electron chi connectivity index (χ1n) is 3.74. The molecule has 0 heterocycles. The van der Waals surface area contributed by atoms with E-state index >= 15 is 0 Å². The molecule has 0 fully saturated rings. The molecule has 0 aromatic heterocycles. The summed E-state index contributed by atoms with van der Waals surface area (Å²) >= 11 is 0. The molecule has 12 heavy (non-hydrogen) atoms. The average molecular weight is 203 g/mol. The SMILES string of the molecule is C[c-]1cccc1.[Co].[cH-]1[cH-][cH-][cH-][cH-]1. The maximum atomic E-state index is 2.08. The van der Waals surface area contributed by atoms with E-state index in [4.69, 9.17) is 0 Å². The maximum absolute atomic E-state index is 2.08. The van der Waals surface area contributed by atoms with Crippen LogP contribution in [-0.4, -0.2) is 0 Å². The van der Waals surface area contributed by atoms with Crippen LogP contribution in [-0.2, 0) is 16.8 Å². The van der Waals surface area contributed by atoms with Crippen LogP contribution in [0.5, 0.6) is 0 Å². The zero-order valence-corrected chi connectivity index (χ0v) is 8.07. The smallest absolute Gasteiger partial charge is 0 e. The Kier molecular flexibility index (Phi) is 6.43. The molecule has 0 spiro atoms. The summed E-state index contributed by atoms with van der Waals surface area (Å²) in [6, 6.07) is 18.2. The number of hydrogen-bond acceptors (Lipinski definition) is 0. The van der Waals surface area contributed by atoms with Crippen LogP contribution >= 0.6 is 0 Å². The first kappa shape index (κ1) is 11.2. The third kappa shape index (κ3) is 4.94. The average Bonchev–Trinajstić information content (AvgIpc) is 2.57.